The van der Waals surface area contributed by atoms with Crippen LogP contribution in [0, 0.1) is 5.82 Å². The van der Waals surface area contributed by atoms with Crippen molar-refractivity contribution in [3.8, 4) is 11.5 Å². The van der Waals surface area contributed by atoms with E-state index < -0.39 is 0 Å². The number of ketones is 1. The van der Waals surface area contributed by atoms with E-state index in [4.69, 9.17) is 9.47 Å². The summed E-state index contributed by atoms with van der Waals surface area (Å²) in [4.78, 5) is 14.4. The molecule has 1 heterocycles. The normalized spacial score (nSPS) is 17.2. The Morgan fingerprint density at radius 2 is 1.96 bits per heavy atom. The Balaban J connectivity index is 1.40. The number of benzene rings is 2. The van der Waals surface area contributed by atoms with Crippen molar-refractivity contribution in [3.05, 3.63) is 59.9 Å². The zero-order valence-corrected chi connectivity index (χ0v) is 15.0. The molecule has 0 radical (unpaired) electrons. The number of carbonyl (C=O) groups is 1. The van der Waals surface area contributed by atoms with E-state index in [9.17, 15) is 9.18 Å². The van der Waals surface area contributed by atoms with Crippen LogP contribution in [0.15, 0.2) is 48.5 Å². The topological polar surface area (TPSA) is 38.8 Å². The van der Waals surface area contributed by atoms with Crippen LogP contribution >= 0.6 is 0 Å². The Morgan fingerprint density at radius 1 is 1.19 bits per heavy atom. The van der Waals surface area contributed by atoms with Gasteiger partial charge in [0.2, 0.25) is 0 Å². The molecule has 3 rings (SSSR count). The van der Waals surface area contributed by atoms with Gasteiger partial charge >= 0.3 is 0 Å². The maximum absolute atomic E-state index is 12.9. The lowest BCUT2D eigenvalue weighted by Gasteiger charge is -2.17. The molecule has 0 aromatic heterocycles. The molecule has 0 aliphatic carbocycles. The molecule has 1 fully saturated rings. The van der Waals surface area contributed by atoms with Gasteiger partial charge in [-0.1, -0.05) is 6.07 Å². The highest BCUT2D eigenvalue weighted by Gasteiger charge is 2.23. The molecule has 1 atom stereocenters. The predicted molar refractivity (Wildman–Crippen MR) is 98.4 cm³/mol. The molecule has 0 saturated carbocycles. The summed E-state index contributed by atoms with van der Waals surface area (Å²) in [7, 11) is 1.64. The third-order valence-electron chi connectivity index (χ3n) is 4.62. The average molecular weight is 357 g/mol. The first-order chi connectivity index (χ1) is 12.6. The summed E-state index contributed by atoms with van der Waals surface area (Å²) in [5, 5.41) is 0. The van der Waals surface area contributed by atoms with E-state index in [0.29, 0.717) is 12.0 Å². The van der Waals surface area contributed by atoms with Gasteiger partial charge in [-0.05, 0) is 55.8 Å². The lowest BCUT2D eigenvalue weighted by molar-refractivity contribution is 0.0975. The fourth-order valence-corrected chi connectivity index (χ4v) is 3.21. The van der Waals surface area contributed by atoms with Crippen LogP contribution in [0.2, 0.25) is 0 Å². The summed E-state index contributed by atoms with van der Waals surface area (Å²) >= 11 is 0. The summed E-state index contributed by atoms with van der Waals surface area (Å²) in [5.74, 6) is 1.36. The molecule has 1 aliphatic rings. The molecule has 0 bridgehead atoms. The number of ether oxygens (including phenoxy) is 2. The first kappa shape index (κ1) is 18.4. The molecule has 0 spiro atoms. The summed E-state index contributed by atoms with van der Waals surface area (Å²) < 4.78 is 24.2. The zero-order chi connectivity index (χ0) is 18.4. The van der Waals surface area contributed by atoms with Crippen LogP contribution in [0.5, 0.6) is 11.5 Å². The van der Waals surface area contributed by atoms with Crippen LogP contribution in [0.1, 0.15) is 29.6 Å². The van der Waals surface area contributed by atoms with Gasteiger partial charge in [-0.15, -0.1) is 0 Å². The molecule has 5 heteroatoms. The average Bonchev–Trinajstić information content (AvgIpc) is 3.09. The first-order valence-electron chi connectivity index (χ1n) is 8.96. The second-order valence-corrected chi connectivity index (χ2v) is 6.54. The maximum Gasteiger partial charge on any atom is 0.162 e. The maximum atomic E-state index is 12.9. The van der Waals surface area contributed by atoms with Gasteiger partial charge < -0.3 is 9.47 Å². The molecule has 0 N–H and O–H groups in total. The van der Waals surface area contributed by atoms with Gasteiger partial charge in [0.05, 0.1) is 7.11 Å². The van der Waals surface area contributed by atoms with Crippen molar-refractivity contribution in [2.24, 2.45) is 0 Å². The third kappa shape index (κ3) is 5.05. The Bertz CT molecular complexity index is 732. The van der Waals surface area contributed by atoms with E-state index in [0.717, 1.165) is 44.0 Å². The molecule has 0 unspecified atom stereocenters. The summed E-state index contributed by atoms with van der Waals surface area (Å²) in [6, 6.07) is 13.4. The van der Waals surface area contributed by atoms with E-state index >= 15 is 0 Å². The monoisotopic (exact) mass is 357 g/mol. The van der Waals surface area contributed by atoms with Crippen molar-refractivity contribution in [1.82, 2.24) is 4.90 Å². The number of likely N-dealkylation sites (tertiary alicyclic amines) is 1. The Kier molecular flexibility index (Phi) is 6.23. The van der Waals surface area contributed by atoms with Gasteiger partial charge in [-0.2, -0.15) is 0 Å². The minimum absolute atomic E-state index is 0.0633. The van der Waals surface area contributed by atoms with Gasteiger partial charge in [-0.25, -0.2) is 4.39 Å². The van der Waals surface area contributed by atoms with E-state index in [1.165, 1.54) is 12.1 Å². The number of methoxy groups -OCH3 is 1. The first-order valence-corrected chi connectivity index (χ1v) is 8.96. The van der Waals surface area contributed by atoms with Crippen molar-refractivity contribution in [2.45, 2.75) is 25.4 Å². The standard InChI is InChI=1S/C21H24FNO3/c1-25-18-4-2-5-19(14-18)26-20-11-13-23(15-20)12-3-6-21(24)16-7-9-17(22)10-8-16/h2,4-5,7-10,14,20H,3,6,11-13,15H2,1H3/t20-/m1/s1. The van der Waals surface area contributed by atoms with E-state index in [2.05, 4.69) is 4.90 Å². The molecule has 0 amide bonds. The van der Waals surface area contributed by atoms with E-state index in [-0.39, 0.29) is 17.7 Å². The molecule has 2 aromatic carbocycles. The number of hydrogen-bond acceptors (Lipinski definition) is 4. The highest BCUT2D eigenvalue weighted by molar-refractivity contribution is 5.95. The quantitative estimate of drug-likeness (QED) is 0.671. The second-order valence-electron chi connectivity index (χ2n) is 6.54. The Labute approximate surface area is 153 Å². The Morgan fingerprint density at radius 3 is 2.73 bits per heavy atom. The highest BCUT2D eigenvalue weighted by Crippen LogP contribution is 2.23. The SMILES string of the molecule is COc1cccc(O[C@@H]2CCN(CCCC(=O)c3ccc(F)cc3)C2)c1. The van der Waals surface area contributed by atoms with Crippen molar-refractivity contribution < 1.29 is 18.7 Å². The van der Waals surface area contributed by atoms with Crippen LogP contribution in [0.3, 0.4) is 0 Å². The molecule has 26 heavy (non-hydrogen) atoms. The van der Waals surface area contributed by atoms with Gasteiger partial charge in [0.25, 0.3) is 0 Å². The lowest BCUT2D eigenvalue weighted by Crippen LogP contribution is -2.26. The van der Waals surface area contributed by atoms with Crippen LogP contribution in [0.4, 0.5) is 4.39 Å². The fourth-order valence-electron chi connectivity index (χ4n) is 3.21. The number of halogens is 1. The van der Waals surface area contributed by atoms with Crippen molar-refractivity contribution in [2.75, 3.05) is 26.7 Å². The van der Waals surface area contributed by atoms with Crippen molar-refractivity contribution >= 4 is 5.78 Å². The summed E-state index contributed by atoms with van der Waals surface area (Å²) in [6.45, 7) is 2.70. The number of nitrogens with zero attached hydrogens (tertiary/aromatic N) is 1. The number of rotatable bonds is 8. The summed E-state index contributed by atoms with van der Waals surface area (Å²) in [6.07, 6.45) is 2.41. The minimum Gasteiger partial charge on any atom is -0.497 e. The molecule has 4 nitrogen and oxygen atoms in total. The minimum atomic E-state index is -0.319. The largest absolute Gasteiger partial charge is 0.497 e. The molecule has 1 aliphatic heterocycles. The second kappa shape index (κ2) is 8.81. The molecular weight excluding hydrogens is 333 g/mol. The third-order valence-corrected chi connectivity index (χ3v) is 4.62. The van der Waals surface area contributed by atoms with Crippen LogP contribution in [-0.4, -0.2) is 43.5 Å². The fraction of sp³-hybridized carbons (Fsp3) is 0.381. The van der Waals surface area contributed by atoms with E-state index in [1.807, 2.05) is 24.3 Å². The number of Topliss-reactive ketones (excluding diaryl/α,β-unsaturated/α-hetero) is 1. The number of carbonyl (C=O) groups excluding carboxylic acids is 1. The van der Waals surface area contributed by atoms with Crippen LogP contribution in [0.25, 0.3) is 0 Å². The van der Waals surface area contributed by atoms with Crippen LogP contribution < -0.4 is 9.47 Å². The molecular formula is C21H24FNO3. The summed E-state index contributed by atoms with van der Waals surface area (Å²) in [5.41, 5.74) is 0.576. The predicted octanol–water partition coefficient (Wildman–Crippen LogP) is 3.95. The smallest absolute Gasteiger partial charge is 0.162 e. The van der Waals surface area contributed by atoms with Gasteiger partial charge in [-0.3, -0.25) is 9.69 Å². The zero-order valence-electron chi connectivity index (χ0n) is 15.0. The van der Waals surface area contributed by atoms with Gasteiger partial charge in [0, 0.05) is 31.1 Å². The van der Waals surface area contributed by atoms with Crippen molar-refractivity contribution in [3.63, 3.8) is 0 Å². The number of hydrogen-bond donors (Lipinski definition) is 0. The Hall–Kier alpha value is -2.40. The lowest BCUT2D eigenvalue weighted by atomic mass is 10.1. The van der Waals surface area contributed by atoms with Crippen LogP contribution in [-0.2, 0) is 0 Å². The molecule has 2 aromatic rings. The van der Waals surface area contributed by atoms with Gasteiger partial charge in [0.15, 0.2) is 5.78 Å². The molecule has 1 saturated heterocycles. The highest BCUT2D eigenvalue weighted by atomic mass is 19.1. The van der Waals surface area contributed by atoms with E-state index in [1.54, 1.807) is 19.2 Å². The van der Waals surface area contributed by atoms with Crippen molar-refractivity contribution in [1.29, 1.82) is 0 Å². The van der Waals surface area contributed by atoms with Gasteiger partial charge in [0.1, 0.15) is 23.4 Å². The molecule has 138 valence electrons.